The minimum Gasteiger partial charge on any atom is -0.394 e. The molecule has 0 spiro atoms. The minimum absolute atomic E-state index is 0.516. The van der Waals surface area contributed by atoms with E-state index in [2.05, 4.69) is 9.47 Å². The number of carbonyl (C=O) groups is 4. The SMILES string of the molecule is N[C@@H](CO)C(=O)OC(=O)/C=C\C(=O)OC(=O)[C@@H](N)CO. The summed E-state index contributed by atoms with van der Waals surface area (Å²) in [5.74, 6) is -4.85. The normalized spacial score (nSPS) is 13.6. The Labute approximate surface area is 112 Å². The first-order chi connectivity index (χ1) is 9.31. The molecule has 0 amide bonds. The molecule has 10 heteroatoms. The Morgan fingerprint density at radius 3 is 1.40 bits per heavy atom. The molecule has 112 valence electrons. The van der Waals surface area contributed by atoms with Gasteiger partial charge in [0.2, 0.25) is 0 Å². The number of hydrogen-bond acceptors (Lipinski definition) is 10. The van der Waals surface area contributed by atoms with Gasteiger partial charge in [0, 0.05) is 12.2 Å². The number of ether oxygens (including phenoxy) is 2. The maximum Gasteiger partial charge on any atom is 0.338 e. The molecule has 0 aromatic carbocycles. The van der Waals surface area contributed by atoms with Gasteiger partial charge in [-0.05, 0) is 0 Å². The maximum atomic E-state index is 11.0. The zero-order valence-corrected chi connectivity index (χ0v) is 10.2. The predicted octanol–water partition coefficient (Wildman–Crippen LogP) is -3.68. The highest BCUT2D eigenvalue weighted by molar-refractivity contribution is 6.00. The van der Waals surface area contributed by atoms with Crippen LogP contribution in [-0.4, -0.2) is 59.4 Å². The van der Waals surface area contributed by atoms with Crippen molar-refractivity contribution in [3.05, 3.63) is 12.2 Å². The van der Waals surface area contributed by atoms with Crippen molar-refractivity contribution in [3.8, 4) is 0 Å². The molecule has 0 radical (unpaired) electrons. The average Bonchev–Trinajstić information content (AvgIpc) is 2.42. The van der Waals surface area contributed by atoms with Crippen LogP contribution < -0.4 is 11.5 Å². The van der Waals surface area contributed by atoms with Gasteiger partial charge in [-0.1, -0.05) is 0 Å². The molecule has 10 nitrogen and oxygen atoms in total. The largest absolute Gasteiger partial charge is 0.394 e. The van der Waals surface area contributed by atoms with Crippen molar-refractivity contribution in [2.75, 3.05) is 13.2 Å². The standard InChI is InChI=1S/C10H14N2O8/c11-5(3-13)9(17)19-7(15)1-2-8(16)20-10(18)6(12)4-14/h1-2,5-6,13-14H,3-4,11-12H2/b2-1-/t5-,6-/m0/s1. The van der Waals surface area contributed by atoms with Crippen molar-refractivity contribution >= 4 is 23.9 Å². The Bertz CT molecular complexity index is 381. The third kappa shape index (κ3) is 6.70. The Hall–Kier alpha value is -2.14. The molecule has 0 rings (SSSR count). The van der Waals surface area contributed by atoms with Crippen molar-refractivity contribution in [1.82, 2.24) is 0 Å². The summed E-state index contributed by atoms with van der Waals surface area (Å²) in [4.78, 5) is 44.0. The summed E-state index contributed by atoms with van der Waals surface area (Å²) in [6, 6.07) is -2.77. The lowest BCUT2D eigenvalue weighted by Crippen LogP contribution is -2.37. The molecule has 0 unspecified atom stereocenters. The number of esters is 4. The first-order valence-corrected chi connectivity index (χ1v) is 5.24. The molecule has 20 heavy (non-hydrogen) atoms. The summed E-state index contributed by atoms with van der Waals surface area (Å²) in [5.41, 5.74) is 10.1. The molecule has 6 N–H and O–H groups in total. The van der Waals surface area contributed by atoms with Crippen molar-refractivity contribution in [2.24, 2.45) is 11.5 Å². The second kappa shape index (κ2) is 8.87. The van der Waals surface area contributed by atoms with Gasteiger partial charge in [0.1, 0.15) is 12.1 Å². The summed E-state index contributed by atoms with van der Waals surface area (Å²) >= 11 is 0. The van der Waals surface area contributed by atoms with Crippen molar-refractivity contribution < 1.29 is 38.9 Å². The van der Waals surface area contributed by atoms with Gasteiger partial charge >= 0.3 is 23.9 Å². The van der Waals surface area contributed by atoms with Crippen LogP contribution in [0.1, 0.15) is 0 Å². The lowest BCUT2D eigenvalue weighted by molar-refractivity contribution is -0.160. The fourth-order valence-corrected chi connectivity index (χ4v) is 0.703. The number of aliphatic hydroxyl groups excluding tert-OH is 2. The highest BCUT2D eigenvalue weighted by Crippen LogP contribution is 1.91. The molecule has 0 aliphatic carbocycles. The van der Waals surface area contributed by atoms with E-state index in [0.29, 0.717) is 12.2 Å². The highest BCUT2D eigenvalue weighted by Gasteiger charge is 2.18. The molecule has 0 fully saturated rings. The molecule has 0 heterocycles. The minimum atomic E-state index is -1.39. The van der Waals surface area contributed by atoms with E-state index in [1.54, 1.807) is 0 Å². The van der Waals surface area contributed by atoms with E-state index in [9.17, 15) is 19.2 Å². The van der Waals surface area contributed by atoms with E-state index in [-0.39, 0.29) is 0 Å². The monoisotopic (exact) mass is 290 g/mol. The zero-order chi connectivity index (χ0) is 15.7. The van der Waals surface area contributed by atoms with E-state index >= 15 is 0 Å². The van der Waals surface area contributed by atoms with Crippen LogP contribution in [0.2, 0.25) is 0 Å². The van der Waals surface area contributed by atoms with Crippen LogP contribution in [-0.2, 0) is 28.7 Å². The van der Waals surface area contributed by atoms with Gasteiger partial charge in [-0.2, -0.15) is 0 Å². The van der Waals surface area contributed by atoms with Gasteiger partial charge in [0.25, 0.3) is 0 Å². The van der Waals surface area contributed by atoms with Crippen molar-refractivity contribution in [2.45, 2.75) is 12.1 Å². The highest BCUT2D eigenvalue weighted by atomic mass is 16.6. The number of aliphatic hydroxyl groups is 2. The van der Waals surface area contributed by atoms with E-state index in [4.69, 9.17) is 21.7 Å². The summed E-state index contributed by atoms with van der Waals surface area (Å²) < 4.78 is 8.24. The summed E-state index contributed by atoms with van der Waals surface area (Å²) in [6.45, 7) is -1.43. The lowest BCUT2D eigenvalue weighted by Gasteiger charge is -2.05. The van der Waals surface area contributed by atoms with Gasteiger partial charge in [-0.3, -0.25) is 0 Å². The van der Waals surface area contributed by atoms with Gasteiger partial charge in [-0.25, -0.2) is 19.2 Å². The summed E-state index contributed by atoms with van der Waals surface area (Å²) in [6.07, 6.45) is 1.03. The topological polar surface area (TPSA) is 179 Å². The molecule has 2 atom stereocenters. The molecule has 0 saturated heterocycles. The third-order valence-corrected chi connectivity index (χ3v) is 1.76. The first-order valence-electron chi connectivity index (χ1n) is 5.24. The summed E-state index contributed by atoms with van der Waals surface area (Å²) in [7, 11) is 0. The Morgan fingerprint density at radius 2 is 1.15 bits per heavy atom. The zero-order valence-electron chi connectivity index (χ0n) is 10.2. The molecule has 0 bridgehead atoms. The van der Waals surface area contributed by atoms with Crippen LogP contribution in [0.4, 0.5) is 0 Å². The van der Waals surface area contributed by atoms with Gasteiger partial charge in [0.15, 0.2) is 0 Å². The fraction of sp³-hybridized carbons (Fsp3) is 0.400. The van der Waals surface area contributed by atoms with Crippen molar-refractivity contribution in [3.63, 3.8) is 0 Å². The van der Waals surface area contributed by atoms with E-state index < -0.39 is 49.2 Å². The van der Waals surface area contributed by atoms with E-state index in [1.165, 1.54) is 0 Å². The van der Waals surface area contributed by atoms with Crippen LogP contribution in [0.25, 0.3) is 0 Å². The van der Waals surface area contributed by atoms with E-state index in [1.807, 2.05) is 0 Å². The Balaban J connectivity index is 4.29. The summed E-state index contributed by atoms with van der Waals surface area (Å²) in [5, 5.41) is 17.0. The molecular weight excluding hydrogens is 276 g/mol. The van der Waals surface area contributed by atoms with Gasteiger partial charge in [0.05, 0.1) is 13.2 Å². The fourth-order valence-electron chi connectivity index (χ4n) is 0.703. The number of carbonyl (C=O) groups excluding carboxylic acids is 4. The molecule has 0 aromatic rings. The molecule has 0 saturated carbocycles. The number of hydrogen-bond donors (Lipinski definition) is 4. The van der Waals surface area contributed by atoms with Crippen LogP contribution in [0.5, 0.6) is 0 Å². The van der Waals surface area contributed by atoms with Crippen molar-refractivity contribution in [1.29, 1.82) is 0 Å². The van der Waals surface area contributed by atoms with E-state index in [0.717, 1.165) is 0 Å². The molecule has 0 aliphatic heterocycles. The number of nitrogens with two attached hydrogens (primary N) is 2. The Kier molecular flexibility index (Phi) is 7.93. The molecular formula is C10H14N2O8. The molecule has 0 aromatic heterocycles. The van der Waals surface area contributed by atoms with Gasteiger partial charge < -0.3 is 31.2 Å². The van der Waals surface area contributed by atoms with Crippen LogP contribution in [0.3, 0.4) is 0 Å². The third-order valence-electron chi connectivity index (χ3n) is 1.76. The second-order valence-electron chi connectivity index (χ2n) is 3.39. The smallest absolute Gasteiger partial charge is 0.338 e. The second-order valence-corrected chi connectivity index (χ2v) is 3.39. The Morgan fingerprint density at radius 1 is 0.850 bits per heavy atom. The van der Waals surface area contributed by atoms with Gasteiger partial charge in [-0.15, -0.1) is 0 Å². The number of rotatable bonds is 6. The predicted molar refractivity (Wildman–Crippen MR) is 61.5 cm³/mol. The van der Waals surface area contributed by atoms with Crippen LogP contribution in [0.15, 0.2) is 12.2 Å². The average molecular weight is 290 g/mol. The van der Waals surface area contributed by atoms with Crippen LogP contribution >= 0.6 is 0 Å². The molecule has 0 aliphatic rings. The maximum absolute atomic E-state index is 11.0. The first kappa shape index (κ1) is 17.9. The van der Waals surface area contributed by atoms with Crippen LogP contribution in [0, 0.1) is 0 Å². The quantitative estimate of drug-likeness (QED) is 0.216. The lowest BCUT2D eigenvalue weighted by atomic mass is 10.3.